The van der Waals surface area contributed by atoms with Crippen molar-refractivity contribution in [2.45, 2.75) is 23.9 Å². The molecule has 2 aliphatic rings. The zero-order chi connectivity index (χ0) is 22.9. The minimum Gasteiger partial charge on any atom is -0.224 e. The number of halogens is 7. The van der Waals surface area contributed by atoms with E-state index >= 15 is 0 Å². The van der Waals surface area contributed by atoms with Crippen LogP contribution in [0.5, 0.6) is 0 Å². The molecule has 4 rings (SSSR count). The van der Waals surface area contributed by atoms with Gasteiger partial charge in [-0.3, -0.25) is 0 Å². The van der Waals surface area contributed by atoms with Crippen molar-refractivity contribution in [3.05, 3.63) is 76.4 Å². The lowest BCUT2D eigenvalue weighted by atomic mass is 9.93. The number of rotatable bonds is 3. The van der Waals surface area contributed by atoms with E-state index in [4.69, 9.17) is 0 Å². The molecule has 1 fully saturated rings. The van der Waals surface area contributed by atoms with E-state index in [0.717, 1.165) is 6.26 Å². The summed E-state index contributed by atoms with van der Waals surface area (Å²) in [6.07, 6.45) is -0.493. The maximum absolute atomic E-state index is 14.6. The fourth-order valence-corrected chi connectivity index (χ4v) is 4.28. The van der Waals surface area contributed by atoms with Crippen molar-refractivity contribution < 1.29 is 39.2 Å². The highest BCUT2D eigenvalue weighted by Gasteiger charge is 2.47. The molecule has 0 N–H and O–H groups in total. The van der Waals surface area contributed by atoms with Crippen LogP contribution in [0.15, 0.2) is 41.3 Å². The molecule has 0 unspecified atom stereocenters. The first-order valence-corrected chi connectivity index (χ1v) is 10.8. The van der Waals surface area contributed by atoms with E-state index in [1.54, 1.807) is 6.08 Å². The van der Waals surface area contributed by atoms with Gasteiger partial charge in [0.1, 0.15) is 5.56 Å². The van der Waals surface area contributed by atoms with Crippen molar-refractivity contribution in [2.24, 2.45) is 5.41 Å². The zero-order valence-electron chi connectivity index (χ0n) is 15.7. The van der Waals surface area contributed by atoms with E-state index in [0.29, 0.717) is 18.4 Å². The number of allylic oxidation sites excluding steroid dienone is 4. The molecule has 2 aromatic rings. The van der Waals surface area contributed by atoms with Gasteiger partial charge in [-0.2, -0.15) is 13.2 Å². The highest BCUT2D eigenvalue weighted by Crippen LogP contribution is 2.58. The third-order valence-electron chi connectivity index (χ3n) is 5.39. The summed E-state index contributed by atoms with van der Waals surface area (Å²) in [5.41, 5.74) is -4.32. The van der Waals surface area contributed by atoms with E-state index in [9.17, 15) is 39.2 Å². The Hall–Kier alpha value is -2.62. The van der Waals surface area contributed by atoms with Gasteiger partial charge in [-0.1, -0.05) is 24.3 Å². The first-order valence-electron chi connectivity index (χ1n) is 8.95. The minimum atomic E-state index is -5.63. The Balaban J connectivity index is 1.90. The lowest BCUT2D eigenvalue weighted by molar-refractivity contribution is -0.143. The topological polar surface area (TPSA) is 34.1 Å². The highest BCUT2D eigenvalue weighted by molar-refractivity contribution is 7.90. The second-order valence-electron chi connectivity index (χ2n) is 7.65. The van der Waals surface area contributed by atoms with Gasteiger partial charge in [0, 0.05) is 11.7 Å². The number of hydrogen-bond donors (Lipinski definition) is 0. The second-order valence-corrected chi connectivity index (χ2v) is 9.67. The van der Waals surface area contributed by atoms with Crippen LogP contribution in [0.2, 0.25) is 0 Å². The molecule has 0 aliphatic heterocycles. The van der Waals surface area contributed by atoms with Gasteiger partial charge in [0.2, 0.25) is 0 Å². The standard InChI is InChI=1S/C21H13F7O2S/c1-31(29,30)11-4-2-10(3-5-11)12-8-20(6-7-20)9-13(12)14-16(22)18(24)15(21(26,27)28)19(25)17(14)23/h2-5,8-9H,6-7H2,1H3. The van der Waals surface area contributed by atoms with Gasteiger partial charge >= 0.3 is 6.18 Å². The fraction of sp³-hybridized carbons (Fsp3) is 0.238. The van der Waals surface area contributed by atoms with Crippen LogP contribution >= 0.6 is 0 Å². The summed E-state index contributed by atoms with van der Waals surface area (Å²) in [4.78, 5) is -0.0227. The third-order valence-corrected chi connectivity index (χ3v) is 6.52. The first kappa shape index (κ1) is 21.6. The summed E-state index contributed by atoms with van der Waals surface area (Å²) in [5, 5.41) is 0. The van der Waals surface area contributed by atoms with Crippen LogP contribution in [-0.2, 0) is 16.0 Å². The Labute approximate surface area is 172 Å². The summed E-state index contributed by atoms with van der Waals surface area (Å²) >= 11 is 0. The molecule has 0 saturated heterocycles. The third kappa shape index (κ3) is 3.56. The largest absolute Gasteiger partial charge is 0.422 e. The van der Waals surface area contributed by atoms with Crippen LogP contribution in [0.3, 0.4) is 0 Å². The van der Waals surface area contributed by atoms with Crippen molar-refractivity contribution in [1.29, 1.82) is 0 Å². The van der Waals surface area contributed by atoms with E-state index in [-0.39, 0.29) is 16.0 Å². The summed E-state index contributed by atoms with van der Waals surface area (Å²) in [7, 11) is -3.52. The molecule has 0 heterocycles. The molecular weight excluding hydrogens is 449 g/mol. The smallest absolute Gasteiger partial charge is 0.224 e. The lowest BCUT2D eigenvalue weighted by Crippen LogP contribution is -2.17. The summed E-state index contributed by atoms with van der Waals surface area (Å²) in [6, 6.07) is 5.21. The van der Waals surface area contributed by atoms with Crippen LogP contribution in [0, 0.1) is 28.7 Å². The molecule has 0 amide bonds. The molecule has 1 spiro atoms. The molecule has 164 valence electrons. The quantitative estimate of drug-likeness (QED) is 0.419. The minimum absolute atomic E-state index is 0.0227. The lowest BCUT2D eigenvalue weighted by Gasteiger charge is -2.16. The van der Waals surface area contributed by atoms with Crippen molar-refractivity contribution in [1.82, 2.24) is 0 Å². The van der Waals surface area contributed by atoms with Crippen molar-refractivity contribution >= 4 is 21.0 Å². The predicted octanol–water partition coefficient (Wildman–Crippen LogP) is 5.93. The van der Waals surface area contributed by atoms with Crippen molar-refractivity contribution in [2.75, 3.05) is 6.26 Å². The highest BCUT2D eigenvalue weighted by atomic mass is 32.2. The first-order chi connectivity index (χ1) is 14.3. The van der Waals surface area contributed by atoms with Crippen LogP contribution in [0.1, 0.15) is 29.5 Å². The van der Waals surface area contributed by atoms with Gasteiger partial charge in [0.15, 0.2) is 33.1 Å². The van der Waals surface area contributed by atoms with Gasteiger partial charge < -0.3 is 0 Å². The molecule has 0 atom stereocenters. The summed E-state index contributed by atoms with van der Waals surface area (Å²) in [6.45, 7) is 0. The molecule has 2 aliphatic carbocycles. The zero-order valence-corrected chi connectivity index (χ0v) is 16.6. The second kappa shape index (κ2) is 6.69. The van der Waals surface area contributed by atoms with Gasteiger partial charge in [0.25, 0.3) is 0 Å². The molecule has 10 heteroatoms. The fourth-order valence-electron chi connectivity index (χ4n) is 3.65. The van der Waals surface area contributed by atoms with Crippen LogP contribution in [0.25, 0.3) is 11.1 Å². The van der Waals surface area contributed by atoms with Crippen molar-refractivity contribution in [3.63, 3.8) is 0 Å². The molecule has 0 radical (unpaired) electrons. The normalized spacial score (nSPS) is 17.7. The van der Waals surface area contributed by atoms with E-state index in [2.05, 4.69) is 0 Å². The number of hydrogen-bond acceptors (Lipinski definition) is 2. The maximum atomic E-state index is 14.6. The molecular formula is C21H13F7O2S. The van der Waals surface area contributed by atoms with Gasteiger partial charge in [-0.05, 0) is 41.7 Å². The predicted molar refractivity (Wildman–Crippen MR) is 98.4 cm³/mol. The molecule has 0 aromatic heterocycles. The number of alkyl halides is 3. The molecule has 0 bridgehead atoms. The van der Waals surface area contributed by atoms with Gasteiger partial charge in [0.05, 0.1) is 10.5 Å². The maximum Gasteiger partial charge on any atom is 0.422 e. The molecule has 2 nitrogen and oxygen atoms in total. The number of sulfone groups is 1. The average Bonchev–Trinajstić information content (AvgIpc) is 3.31. The summed E-state index contributed by atoms with van der Waals surface area (Å²) in [5.74, 6) is -9.33. The van der Waals surface area contributed by atoms with Crippen LogP contribution < -0.4 is 0 Å². The van der Waals surface area contributed by atoms with Crippen LogP contribution in [0.4, 0.5) is 30.7 Å². The Morgan fingerprint density at radius 2 is 1.29 bits per heavy atom. The Morgan fingerprint density at radius 3 is 1.71 bits per heavy atom. The molecule has 1 saturated carbocycles. The number of benzene rings is 2. The Bertz CT molecular complexity index is 1240. The SMILES string of the molecule is CS(=O)(=O)c1ccc(C2=CC3(C=C2c2c(F)c(F)c(C(F)(F)F)c(F)c2F)CC3)cc1. The molecule has 2 aromatic carbocycles. The van der Waals surface area contributed by atoms with E-state index in [1.807, 2.05) is 0 Å². The van der Waals surface area contributed by atoms with E-state index in [1.165, 1.54) is 30.3 Å². The Kier molecular flexibility index (Phi) is 4.66. The monoisotopic (exact) mass is 462 g/mol. The Morgan fingerprint density at radius 1 is 0.806 bits per heavy atom. The van der Waals surface area contributed by atoms with Gasteiger partial charge in [-0.25, -0.2) is 26.0 Å². The van der Waals surface area contributed by atoms with Crippen LogP contribution in [-0.4, -0.2) is 14.7 Å². The van der Waals surface area contributed by atoms with Gasteiger partial charge in [-0.15, -0.1) is 0 Å². The average molecular weight is 462 g/mol. The van der Waals surface area contributed by atoms with Crippen molar-refractivity contribution in [3.8, 4) is 0 Å². The summed E-state index contributed by atoms with van der Waals surface area (Å²) < 4.78 is 120. The molecule has 31 heavy (non-hydrogen) atoms. The van der Waals surface area contributed by atoms with E-state index < -0.39 is 55.8 Å².